The fraction of sp³-hybridized carbons (Fsp3) is 0.647. The molecule has 0 aromatic heterocycles. The minimum atomic E-state index is -0.789. The van der Waals surface area contributed by atoms with E-state index in [0.29, 0.717) is 18.1 Å². The molecule has 0 radical (unpaired) electrons. The minimum Gasteiger partial charge on any atom is -0.388 e. The van der Waals surface area contributed by atoms with Crippen LogP contribution in [0.3, 0.4) is 0 Å². The van der Waals surface area contributed by atoms with Crippen molar-refractivity contribution in [2.45, 2.75) is 26.9 Å². The van der Waals surface area contributed by atoms with Crippen LogP contribution in [-0.4, -0.2) is 43.4 Å². The smallest absolute Gasteiger partial charge is 0.129 e. The molecule has 0 heterocycles. The first-order valence-electron chi connectivity index (χ1n) is 7.59. The van der Waals surface area contributed by atoms with Crippen LogP contribution in [-0.2, 0) is 4.74 Å². The predicted molar refractivity (Wildman–Crippen MR) is 83.7 cm³/mol. The molecule has 1 rings (SSSR count). The lowest BCUT2D eigenvalue weighted by atomic mass is 9.96. The highest BCUT2D eigenvalue weighted by Gasteiger charge is 2.22. The number of aliphatic hydroxyl groups is 1. The number of ether oxygens (including phenoxy) is 1. The molecule has 0 aliphatic heterocycles. The van der Waals surface area contributed by atoms with Gasteiger partial charge in [0.05, 0.1) is 12.7 Å². The molecular formula is C17H28FNO2. The predicted octanol–water partition coefficient (Wildman–Crippen LogP) is 3.10. The van der Waals surface area contributed by atoms with Gasteiger partial charge < -0.3 is 14.7 Å². The number of hydrogen-bond donors (Lipinski definition) is 1. The number of hydrogen-bond acceptors (Lipinski definition) is 3. The van der Waals surface area contributed by atoms with Gasteiger partial charge in [-0.15, -0.1) is 0 Å². The summed E-state index contributed by atoms with van der Waals surface area (Å²) in [5, 5.41) is 10.4. The monoisotopic (exact) mass is 297 g/mol. The summed E-state index contributed by atoms with van der Waals surface area (Å²) in [6.45, 7) is 9.43. The highest BCUT2D eigenvalue weighted by Crippen LogP contribution is 2.25. The molecule has 21 heavy (non-hydrogen) atoms. The standard InChI is InChI=1S/C17H28FNO2/c1-13(2)11-19(9-10-21-4)12-14(3)17(20)15-7-5-6-8-16(15)18/h5-8,13-14,17,20H,9-12H2,1-4H3. The number of rotatable bonds is 9. The number of aliphatic hydroxyl groups excluding tert-OH is 1. The molecule has 4 heteroatoms. The summed E-state index contributed by atoms with van der Waals surface area (Å²) in [4.78, 5) is 2.27. The van der Waals surface area contributed by atoms with E-state index in [0.717, 1.165) is 19.6 Å². The molecule has 0 bridgehead atoms. The molecule has 3 nitrogen and oxygen atoms in total. The number of nitrogens with zero attached hydrogens (tertiary/aromatic N) is 1. The minimum absolute atomic E-state index is 0.0440. The lowest BCUT2D eigenvalue weighted by Gasteiger charge is -2.29. The molecule has 0 saturated heterocycles. The molecular weight excluding hydrogens is 269 g/mol. The molecule has 0 fully saturated rings. The van der Waals surface area contributed by atoms with Crippen LogP contribution in [0.1, 0.15) is 32.4 Å². The zero-order valence-corrected chi connectivity index (χ0v) is 13.6. The van der Waals surface area contributed by atoms with Crippen molar-refractivity contribution in [3.8, 4) is 0 Å². The van der Waals surface area contributed by atoms with Crippen LogP contribution in [0.15, 0.2) is 24.3 Å². The van der Waals surface area contributed by atoms with Gasteiger partial charge in [0, 0.05) is 32.3 Å². The van der Waals surface area contributed by atoms with Crippen LogP contribution in [0.25, 0.3) is 0 Å². The highest BCUT2D eigenvalue weighted by molar-refractivity contribution is 5.20. The van der Waals surface area contributed by atoms with Gasteiger partial charge in [-0.3, -0.25) is 0 Å². The van der Waals surface area contributed by atoms with Gasteiger partial charge in [0.25, 0.3) is 0 Å². The van der Waals surface area contributed by atoms with Gasteiger partial charge in [-0.05, 0) is 17.9 Å². The molecule has 0 aliphatic rings. The number of halogens is 1. The summed E-state index contributed by atoms with van der Waals surface area (Å²) in [6, 6.07) is 6.44. The maximum atomic E-state index is 13.8. The van der Waals surface area contributed by atoms with Gasteiger partial charge in [0.15, 0.2) is 0 Å². The summed E-state index contributed by atoms with van der Waals surface area (Å²) < 4.78 is 18.9. The molecule has 1 aromatic carbocycles. The van der Waals surface area contributed by atoms with Crippen molar-refractivity contribution in [3.63, 3.8) is 0 Å². The van der Waals surface area contributed by atoms with E-state index in [-0.39, 0.29) is 11.7 Å². The van der Waals surface area contributed by atoms with E-state index >= 15 is 0 Å². The Kier molecular flexibility index (Phi) is 7.86. The molecule has 0 spiro atoms. The fourth-order valence-corrected chi connectivity index (χ4v) is 2.52. The number of benzene rings is 1. The first-order valence-corrected chi connectivity index (χ1v) is 7.59. The Morgan fingerprint density at radius 3 is 2.43 bits per heavy atom. The Morgan fingerprint density at radius 2 is 1.86 bits per heavy atom. The maximum absolute atomic E-state index is 13.8. The molecule has 120 valence electrons. The van der Waals surface area contributed by atoms with E-state index in [1.807, 2.05) is 6.92 Å². The molecule has 1 N–H and O–H groups in total. The molecule has 0 saturated carbocycles. The second-order valence-electron chi connectivity index (χ2n) is 6.09. The summed E-state index contributed by atoms with van der Waals surface area (Å²) >= 11 is 0. The maximum Gasteiger partial charge on any atom is 0.129 e. The molecule has 0 aliphatic carbocycles. The van der Waals surface area contributed by atoms with Crippen molar-refractivity contribution in [3.05, 3.63) is 35.6 Å². The number of methoxy groups -OCH3 is 1. The van der Waals surface area contributed by atoms with Crippen LogP contribution in [0.5, 0.6) is 0 Å². The lowest BCUT2D eigenvalue weighted by molar-refractivity contribution is 0.0695. The average Bonchev–Trinajstić information content (AvgIpc) is 2.43. The Morgan fingerprint density at radius 1 is 1.19 bits per heavy atom. The van der Waals surface area contributed by atoms with Crippen molar-refractivity contribution in [2.24, 2.45) is 11.8 Å². The zero-order chi connectivity index (χ0) is 15.8. The lowest BCUT2D eigenvalue weighted by Crippen LogP contribution is -2.36. The van der Waals surface area contributed by atoms with Crippen LogP contribution < -0.4 is 0 Å². The van der Waals surface area contributed by atoms with Crippen molar-refractivity contribution in [1.29, 1.82) is 0 Å². The third kappa shape index (κ3) is 6.12. The Balaban J connectivity index is 2.67. The summed E-state index contributed by atoms with van der Waals surface area (Å²) in [5.74, 6) is 0.154. The Labute approximate surface area is 127 Å². The van der Waals surface area contributed by atoms with Gasteiger partial charge in [-0.1, -0.05) is 39.0 Å². The first-order chi connectivity index (χ1) is 9.95. The second-order valence-corrected chi connectivity index (χ2v) is 6.09. The van der Waals surface area contributed by atoms with Gasteiger partial charge >= 0.3 is 0 Å². The highest BCUT2D eigenvalue weighted by atomic mass is 19.1. The third-order valence-corrected chi connectivity index (χ3v) is 3.54. The largest absolute Gasteiger partial charge is 0.388 e. The molecule has 0 amide bonds. The van der Waals surface area contributed by atoms with Crippen LogP contribution in [0, 0.1) is 17.7 Å². The SMILES string of the molecule is COCCN(CC(C)C)CC(C)C(O)c1ccccc1F. The van der Waals surface area contributed by atoms with Crippen LogP contribution in [0.4, 0.5) is 4.39 Å². The molecule has 2 atom stereocenters. The average molecular weight is 297 g/mol. The van der Waals surface area contributed by atoms with E-state index in [1.165, 1.54) is 6.07 Å². The van der Waals surface area contributed by atoms with E-state index in [4.69, 9.17) is 4.74 Å². The van der Waals surface area contributed by atoms with Crippen molar-refractivity contribution in [1.82, 2.24) is 4.90 Å². The van der Waals surface area contributed by atoms with Crippen LogP contribution in [0.2, 0.25) is 0 Å². The fourth-order valence-electron chi connectivity index (χ4n) is 2.52. The van der Waals surface area contributed by atoms with E-state index in [9.17, 15) is 9.50 Å². The summed E-state index contributed by atoms with van der Waals surface area (Å²) in [5.41, 5.74) is 0.376. The van der Waals surface area contributed by atoms with E-state index < -0.39 is 6.10 Å². The third-order valence-electron chi connectivity index (χ3n) is 3.54. The van der Waals surface area contributed by atoms with Crippen molar-refractivity contribution in [2.75, 3.05) is 33.4 Å². The van der Waals surface area contributed by atoms with Gasteiger partial charge in [0.2, 0.25) is 0 Å². The normalized spacial score (nSPS) is 14.7. The van der Waals surface area contributed by atoms with Gasteiger partial charge in [0.1, 0.15) is 5.82 Å². The van der Waals surface area contributed by atoms with E-state index in [1.54, 1.807) is 25.3 Å². The summed E-state index contributed by atoms with van der Waals surface area (Å²) in [7, 11) is 1.69. The van der Waals surface area contributed by atoms with E-state index in [2.05, 4.69) is 18.7 Å². The molecule has 1 aromatic rings. The Hall–Kier alpha value is -0.970. The Bertz CT molecular complexity index is 412. The molecule has 2 unspecified atom stereocenters. The second kappa shape index (κ2) is 9.13. The topological polar surface area (TPSA) is 32.7 Å². The quantitative estimate of drug-likeness (QED) is 0.760. The first kappa shape index (κ1) is 18.1. The van der Waals surface area contributed by atoms with Gasteiger partial charge in [-0.2, -0.15) is 0 Å². The van der Waals surface area contributed by atoms with Crippen molar-refractivity contribution < 1.29 is 14.2 Å². The van der Waals surface area contributed by atoms with Crippen LogP contribution >= 0.6 is 0 Å². The zero-order valence-electron chi connectivity index (χ0n) is 13.6. The van der Waals surface area contributed by atoms with Crippen molar-refractivity contribution >= 4 is 0 Å². The summed E-state index contributed by atoms with van der Waals surface area (Å²) in [6.07, 6.45) is -0.789. The van der Waals surface area contributed by atoms with Gasteiger partial charge in [-0.25, -0.2) is 4.39 Å².